The van der Waals surface area contributed by atoms with Crippen LogP contribution in [-0.2, 0) is 6.42 Å². The molecule has 1 unspecified atom stereocenters. The van der Waals surface area contributed by atoms with Crippen molar-refractivity contribution in [3.05, 3.63) is 59.2 Å². The van der Waals surface area contributed by atoms with Crippen molar-refractivity contribution in [1.82, 2.24) is 0 Å². The van der Waals surface area contributed by atoms with Crippen LogP contribution in [0.2, 0.25) is 0 Å². The van der Waals surface area contributed by atoms with Gasteiger partial charge in [-0.15, -0.1) is 0 Å². The van der Waals surface area contributed by atoms with Crippen LogP contribution < -0.4 is 9.47 Å². The molecule has 100 valence electrons. The number of carbonyl (C=O) groups is 1. The zero-order valence-electron chi connectivity index (χ0n) is 11.0. The van der Waals surface area contributed by atoms with E-state index in [1.807, 2.05) is 42.5 Å². The predicted octanol–water partition coefficient (Wildman–Crippen LogP) is 3.33. The molecule has 0 bridgehead atoms. The van der Waals surface area contributed by atoms with Crippen molar-refractivity contribution in [3.63, 3.8) is 0 Å². The predicted molar refractivity (Wildman–Crippen MR) is 74.4 cm³/mol. The lowest BCUT2D eigenvalue weighted by Gasteiger charge is -2.24. The second-order valence-corrected chi connectivity index (χ2v) is 5.30. The minimum atomic E-state index is 0.229. The molecule has 0 radical (unpaired) electrons. The van der Waals surface area contributed by atoms with E-state index in [-0.39, 0.29) is 18.5 Å². The van der Waals surface area contributed by atoms with Crippen LogP contribution in [0.4, 0.5) is 0 Å². The molecule has 0 N–H and O–H groups in total. The summed E-state index contributed by atoms with van der Waals surface area (Å²) in [5.74, 6) is 2.03. The van der Waals surface area contributed by atoms with Gasteiger partial charge in [-0.05, 0) is 35.6 Å². The monoisotopic (exact) mass is 266 g/mol. The van der Waals surface area contributed by atoms with Gasteiger partial charge >= 0.3 is 0 Å². The third-order valence-corrected chi connectivity index (χ3v) is 4.08. The smallest absolute Gasteiger partial charge is 0.231 e. The minimum Gasteiger partial charge on any atom is -0.454 e. The number of fused-ring (bicyclic) bond motifs is 2. The Labute approximate surface area is 117 Å². The highest BCUT2D eigenvalue weighted by atomic mass is 16.7. The highest BCUT2D eigenvalue weighted by Crippen LogP contribution is 2.38. The molecule has 1 atom stereocenters. The zero-order chi connectivity index (χ0) is 13.5. The molecule has 2 aromatic carbocycles. The molecule has 20 heavy (non-hydrogen) atoms. The fourth-order valence-electron chi connectivity index (χ4n) is 3.04. The van der Waals surface area contributed by atoms with Crippen molar-refractivity contribution in [3.8, 4) is 11.5 Å². The first kappa shape index (κ1) is 11.5. The van der Waals surface area contributed by atoms with E-state index in [4.69, 9.17) is 9.47 Å². The van der Waals surface area contributed by atoms with E-state index in [2.05, 4.69) is 0 Å². The van der Waals surface area contributed by atoms with Crippen molar-refractivity contribution in [2.75, 3.05) is 6.79 Å². The summed E-state index contributed by atoms with van der Waals surface area (Å²) < 4.78 is 10.7. The van der Waals surface area contributed by atoms with Gasteiger partial charge in [-0.25, -0.2) is 0 Å². The van der Waals surface area contributed by atoms with Crippen molar-refractivity contribution in [1.29, 1.82) is 0 Å². The van der Waals surface area contributed by atoms with Crippen LogP contribution in [0, 0.1) is 0 Å². The molecule has 1 aliphatic carbocycles. The number of carbonyl (C=O) groups excluding carboxylic acids is 1. The van der Waals surface area contributed by atoms with Gasteiger partial charge in [0.15, 0.2) is 17.3 Å². The standard InChI is InChI=1S/C17H14O3/c18-15-8-13(7-12-3-1-2-4-14(12)15)11-5-6-16-17(9-11)20-10-19-16/h1-6,9,13H,7-8,10H2. The van der Waals surface area contributed by atoms with E-state index in [9.17, 15) is 4.79 Å². The molecule has 0 amide bonds. The van der Waals surface area contributed by atoms with Gasteiger partial charge in [0.2, 0.25) is 6.79 Å². The molecule has 2 aliphatic rings. The number of Topliss-reactive ketones (excluding diaryl/α,β-unsaturated/α-hetero) is 1. The molecule has 2 aromatic rings. The van der Waals surface area contributed by atoms with Gasteiger partial charge in [-0.3, -0.25) is 4.79 Å². The second-order valence-electron chi connectivity index (χ2n) is 5.30. The Balaban J connectivity index is 1.69. The van der Waals surface area contributed by atoms with Crippen LogP contribution >= 0.6 is 0 Å². The van der Waals surface area contributed by atoms with Crippen molar-refractivity contribution < 1.29 is 14.3 Å². The maximum atomic E-state index is 12.2. The third-order valence-electron chi connectivity index (χ3n) is 4.08. The molecule has 0 aromatic heterocycles. The number of rotatable bonds is 1. The quantitative estimate of drug-likeness (QED) is 0.794. The number of benzene rings is 2. The van der Waals surface area contributed by atoms with Gasteiger partial charge in [0, 0.05) is 12.0 Å². The first-order valence-electron chi connectivity index (χ1n) is 6.82. The van der Waals surface area contributed by atoms with Gasteiger partial charge in [0.25, 0.3) is 0 Å². The Hall–Kier alpha value is -2.29. The van der Waals surface area contributed by atoms with Gasteiger partial charge in [-0.2, -0.15) is 0 Å². The highest BCUT2D eigenvalue weighted by molar-refractivity contribution is 5.99. The lowest BCUT2D eigenvalue weighted by molar-refractivity contribution is 0.0964. The Morgan fingerprint density at radius 1 is 0.950 bits per heavy atom. The third kappa shape index (κ3) is 1.78. The van der Waals surface area contributed by atoms with Crippen molar-refractivity contribution in [2.45, 2.75) is 18.8 Å². The number of hydrogen-bond donors (Lipinski definition) is 0. The summed E-state index contributed by atoms with van der Waals surface area (Å²) in [7, 11) is 0. The van der Waals surface area contributed by atoms with Crippen LogP contribution in [-0.4, -0.2) is 12.6 Å². The lowest BCUT2D eigenvalue weighted by Crippen LogP contribution is -2.18. The summed E-state index contributed by atoms with van der Waals surface area (Å²) in [6.07, 6.45) is 1.47. The van der Waals surface area contributed by atoms with Gasteiger partial charge in [-0.1, -0.05) is 30.3 Å². The van der Waals surface area contributed by atoms with Crippen LogP contribution in [0.5, 0.6) is 11.5 Å². The lowest BCUT2D eigenvalue weighted by atomic mass is 9.79. The van der Waals surface area contributed by atoms with E-state index >= 15 is 0 Å². The maximum absolute atomic E-state index is 12.2. The zero-order valence-corrected chi connectivity index (χ0v) is 11.0. The fraction of sp³-hybridized carbons (Fsp3) is 0.235. The number of ether oxygens (including phenoxy) is 2. The summed E-state index contributed by atoms with van der Waals surface area (Å²) in [5, 5.41) is 0. The fourth-order valence-corrected chi connectivity index (χ4v) is 3.04. The first-order valence-corrected chi connectivity index (χ1v) is 6.82. The number of hydrogen-bond acceptors (Lipinski definition) is 3. The van der Waals surface area contributed by atoms with E-state index in [1.165, 1.54) is 0 Å². The normalized spacial score (nSPS) is 19.8. The maximum Gasteiger partial charge on any atom is 0.231 e. The molecule has 0 saturated carbocycles. The Morgan fingerprint density at radius 2 is 1.80 bits per heavy atom. The van der Waals surface area contributed by atoms with E-state index in [0.717, 1.165) is 34.6 Å². The molecule has 4 rings (SSSR count). The highest BCUT2D eigenvalue weighted by Gasteiger charge is 2.27. The summed E-state index contributed by atoms with van der Waals surface area (Å²) in [6, 6.07) is 13.9. The summed E-state index contributed by atoms with van der Waals surface area (Å²) >= 11 is 0. The first-order chi connectivity index (χ1) is 9.81. The Kier molecular flexibility index (Phi) is 2.52. The average Bonchev–Trinajstić information content (AvgIpc) is 2.94. The average molecular weight is 266 g/mol. The molecule has 0 fully saturated rings. The van der Waals surface area contributed by atoms with Crippen molar-refractivity contribution in [2.24, 2.45) is 0 Å². The molecule has 3 heteroatoms. The molecule has 3 nitrogen and oxygen atoms in total. The van der Waals surface area contributed by atoms with Gasteiger partial charge in [0.05, 0.1) is 0 Å². The molecule has 0 saturated heterocycles. The van der Waals surface area contributed by atoms with Crippen LogP contribution in [0.15, 0.2) is 42.5 Å². The molecule has 0 spiro atoms. The van der Waals surface area contributed by atoms with Gasteiger partial charge in [0.1, 0.15) is 0 Å². The van der Waals surface area contributed by atoms with E-state index in [0.29, 0.717) is 6.42 Å². The van der Waals surface area contributed by atoms with Gasteiger partial charge < -0.3 is 9.47 Å². The largest absolute Gasteiger partial charge is 0.454 e. The topological polar surface area (TPSA) is 35.5 Å². The molecule has 1 heterocycles. The van der Waals surface area contributed by atoms with E-state index < -0.39 is 0 Å². The summed E-state index contributed by atoms with van der Waals surface area (Å²) in [6.45, 7) is 0.283. The SMILES string of the molecule is O=C1CC(c2ccc3c(c2)OCO3)Cc2ccccc21. The molecular weight excluding hydrogens is 252 g/mol. The Bertz CT molecular complexity index is 690. The van der Waals surface area contributed by atoms with Crippen LogP contribution in [0.1, 0.15) is 33.8 Å². The van der Waals surface area contributed by atoms with Crippen molar-refractivity contribution >= 4 is 5.78 Å². The number of ketones is 1. The van der Waals surface area contributed by atoms with E-state index in [1.54, 1.807) is 0 Å². The minimum absolute atomic E-state index is 0.229. The summed E-state index contributed by atoms with van der Waals surface area (Å²) in [5.41, 5.74) is 3.17. The molecule has 1 aliphatic heterocycles. The van der Waals surface area contributed by atoms with Crippen LogP contribution in [0.25, 0.3) is 0 Å². The Morgan fingerprint density at radius 3 is 2.75 bits per heavy atom. The van der Waals surface area contributed by atoms with Crippen LogP contribution in [0.3, 0.4) is 0 Å². The second kappa shape index (κ2) is 4.37. The summed E-state index contributed by atoms with van der Waals surface area (Å²) in [4.78, 5) is 12.2. The molecular formula is C17H14O3.